The van der Waals surface area contributed by atoms with E-state index in [0.29, 0.717) is 50.8 Å². The number of hydrogen-bond donors (Lipinski definition) is 8. The molecule has 28 heteroatoms. The first-order valence-corrected chi connectivity index (χ1v) is 31.7. The van der Waals surface area contributed by atoms with Crippen LogP contribution in [0.2, 0.25) is 0 Å². The number of nitrogens with one attached hydrogen (secondary N) is 1. The number of fused-ring (bicyclic) bond motifs is 7. The number of benzene rings is 1. The Morgan fingerprint density at radius 3 is 2.00 bits per heavy atom. The summed E-state index contributed by atoms with van der Waals surface area (Å²) in [6.45, 7) is 18.7. The van der Waals surface area contributed by atoms with Gasteiger partial charge in [-0.3, -0.25) is 48.3 Å². The van der Waals surface area contributed by atoms with Crippen molar-refractivity contribution in [1.82, 2.24) is 14.9 Å². The third-order valence-electron chi connectivity index (χ3n) is 20.2. The maximum Gasteiger partial charge on any atom is 3.00 e. The van der Waals surface area contributed by atoms with E-state index in [1.807, 2.05) is 73.6 Å². The van der Waals surface area contributed by atoms with Gasteiger partial charge in [-0.2, -0.15) is 5.70 Å². The number of ketones is 1. The minimum Gasteiger partial charge on any atom is -0.756 e. The fourth-order valence-electron chi connectivity index (χ4n) is 15.0. The van der Waals surface area contributed by atoms with Crippen LogP contribution in [0.15, 0.2) is 68.3 Å². The normalized spacial score (nSPS) is 31.5. The molecule has 0 spiro atoms. The van der Waals surface area contributed by atoms with Crippen LogP contribution in [0.4, 0.5) is 0 Å². The molecule has 8 rings (SSSR count). The Labute approximate surface area is 541 Å². The molecule has 6 aliphatic rings. The minimum atomic E-state index is -5.31. The van der Waals surface area contributed by atoms with Gasteiger partial charge in [0.2, 0.25) is 35.4 Å². The number of carbonyl (C=O) groups is 7. The molecular formula is C63H90CoN12O14P. The topological polar surface area (TPSA) is 439 Å². The minimum absolute atomic E-state index is 0. The van der Waals surface area contributed by atoms with Gasteiger partial charge in [0, 0.05) is 114 Å². The number of primary amides is 5. The van der Waals surface area contributed by atoms with Gasteiger partial charge in [-0.15, -0.1) is 0 Å². The number of phosphoric acid groups is 1. The first-order chi connectivity index (χ1) is 41.4. The quantitative estimate of drug-likeness (QED) is 0.0476. The molecule has 7 heterocycles. The molecule has 2 aromatic rings. The van der Waals surface area contributed by atoms with Crippen LogP contribution in [0.25, 0.3) is 16.4 Å². The van der Waals surface area contributed by atoms with Crippen molar-refractivity contribution < 1.29 is 83.8 Å². The fraction of sp³-hybridized carbons (Fsp3) is 0.619. The van der Waals surface area contributed by atoms with Crippen LogP contribution in [0.1, 0.15) is 150 Å². The van der Waals surface area contributed by atoms with Crippen molar-refractivity contribution in [3.63, 3.8) is 0 Å². The summed E-state index contributed by atoms with van der Waals surface area (Å²) in [5, 5.41) is 30.1. The van der Waals surface area contributed by atoms with Crippen LogP contribution < -0.4 is 38.9 Å². The molecule has 1 aromatic heterocycles. The van der Waals surface area contributed by atoms with E-state index in [2.05, 4.69) is 10.3 Å². The van der Waals surface area contributed by atoms with Gasteiger partial charge in [0.25, 0.3) is 7.82 Å². The number of aliphatic hydroxyl groups excluding tert-OH is 2. The zero-order chi connectivity index (χ0) is 65.8. The van der Waals surface area contributed by atoms with E-state index in [1.54, 1.807) is 13.0 Å². The molecule has 0 aliphatic carbocycles. The Balaban J connectivity index is 0.00000658. The van der Waals surface area contributed by atoms with Gasteiger partial charge >= 0.3 is 16.8 Å². The molecule has 8 bridgehead atoms. The monoisotopic (exact) mass is 1330 g/mol. The predicted molar refractivity (Wildman–Crippen MR) is 335 cm³/mol. The van der Waals surface area contributed by atoms with Crippen LogP contribution in [0.5, 0.6) is 0 Å². The number of aryl methyl sites for hydroxylation is 2. The Morgan fingerprint density at radius 2 is 1.41 bits per heavy atom. The van der Waals surface area contributed by atoms with Crippen LogP contribution in [0, 0.1) is 66.6 Å². The number of aliphatic imine (C=N–C) groups is 3. The van der Waals surface area contributed by atoms with Crippen molar-refractivity contribution in [3.05, 3.63) is 77.1 Å². The first-order valence-electron chi connectivity index (χ1n) is 30.3. The number of rotatable bonds is 26. The zero-order valence-corrected chi connectivity index (χ0v) is 55.9. The number of phosphoric ester groups is 1. The van der Waals surface area contributed by atoms with Crippen molar-refractivity contribution in [3.8, 4) is 0 Å². The molecule has 6 amide bonds. The van der Waals surface area contributed by atoms with Gasteiger partial charge in [-0.05, 0) is 119 Å². The van der Waals surface area contributed by atoms with Gasteiger partial charge in [0.15, 0.2) is 6.23 Å². The zero-order valence-electron chi connectivity index (χ0n) is 54.0. The molecule has 2 fully saturated rings. The van der Waals surface area contributed by atoms with E-state index < -0.39 is 137 Å². The molecule has 13 N–H and O–H groups in total. The molecule has 6 aliphatic heterocycles. The van der Waals surface area contributed by atoms with Gasteiger partial charge in [0.05, 0.1) is 30.1 Å². The maximum absolute atomic E-state index is 14.3. The maximum atomic E-state index is 14.3. The van der Waals surface area contributed by atoms with E-state index in [1.165, 1.54) is 24.7 Å². The van der Waals surface area contributed by atoms with E-state index >= 15 is 0 Å². The average molecular weight is 1330 g/mol. The van der Waals surface area contributed by atoms with Crippen LogP contribution in [-0.4, -0.2) is 127 Å². The number of hydrogen-bond acceptors (Lipinski definition) is 18. The molecular weight excluding hydrogens is 1240 g/mol. The van der Waals surface area contributed by atoms with Crippen LogP contribution in [-0.2, 0) is 68.7 Å². The molecule has 1 aromatic carbocycles. The Bertz CT molecular complexity index is 3490. The first kappa shape index (κ1) is 73.8. The van der Waals surface area contributed by atoms with Gasteiger partial charge in [-0.25, -0.2) is 4.98 Å². The second kappa shape index (κ2) is 27.7. The number of carbonyl (C=O) groups excluding carboxylic acids is 7. The van der Waals surface area contributed by atoms with Gasteiger partial charge < -0.3 is 85.0 Å². The van der Waals surface area contributed by atoms with Crippen LogP contribution in [0.3, 0.4) is 0 Å². The van der Waals surface area contributed by atoms with Crippen molar-refractivity contribution in [2.75, 3.05) is 13.2 Å². The predicted octanol–water partition coefficient (Wildman–Crippen LogP) is 4.48. The van der Waals surface area contributed by atoms with E-state index in [4.69, 9.17) is 62.7 Å². The summed E-state index contributed by atoms with van der Waals surface area (Å²) < 4.78 is 31.8. The Hall–Kier alpha value is -6.29. The molecule has 15 atom stereocenters. The molecule has 500 valence electrons. The van der Waals surface area contributed by atoms with Crippen molar-refractivity contribution >= 4 is 77.2 Å². The number of allylic oxidation sites excluding steroid dienone is 6. The number of Topliss-reactive ketones (excluding diaryl/α,β-unsaturated/α-hetero) is 1. The number of aliphatic hydroxyl groups is 2. The summed E-state index contributed by atoms with van der Waals surface area (Å²) in [7, 11) is -5.31. The molecule has 2 saturated heterocycles. The number of imidazole rings is 1. The average Bonchev–Trinajstić information content (AvgIpc) is 1.54. The van der Waals surface area contributed by atoms with E-state index in [9.17, 15) is 53.2 Å². The van der Waals surface area contributed by atoms with Crippen molar-refractivity contribution in [1.29, 1.82) is 0 Å². The second-order valence-electron chi connectivity index (χ2n) is 26.8. The number of nitrogens with two attached hydrogens (primary N) is 5. The summed E-state index contributed by atoms with van der Waals surface area (Å²) in [5.41, 5.74) is 30.5. The number of ether oxygens (including phenoxy) is 1. The van der Waals surface area contributed by atoms with Gasteiger partial charge in [-0.1, -0.05) is 47.1 Å². The largest absolute Gasteiger partial charge is 3.00 e. The molecule has 26 nitrogen and oxygen atoms in total. The second-order valence-corrected chi connectivity index (χ2v) is 28.1. The summed E-state index contributed by atoms with van der Waals surface area (Å²) in [5.74, 6) is -6.68. The smallest absolute Gasteiger partial charge is 0.756 e. The number of nitrogens with zero attached hydrogens (tertiary/aromatic N) is 6. The van der Waals surface area contributed by atoms with Crippen LogP contribution >= 0.6 is 7.82 Å². The summed E-state index contributed by atoms with van der Waals surface area (Å²) in [4.78, 5) is 127. The standard InChI is InChI=1S/C62H89N12O14P.CH3.Co/c1-30-20-41-42(21-31(30)2)74(29-69-41)57-53(83)54(43(28-75)86-57)88-89(84,85)87-33(4)27-68-51(82)18-19-59(8)38(22-48(65)79)56-62(11)61(10,26-50(67)81)37(15-17-47(64)78)52(73-62)34(5)55-60(9,25-49(66)80)36(13-12-32(3)76)40(71-55)23-44-58(6,7)35(14-16-46(63)77)39(70-44)24-45(59)72-56;;/h20-21,23-24,29,33,35-38,43,53-54,56-57,75,83H,12-19,22,25-28H2,1-11H3,(H13,63,64,65,66,67,68,70,71,72,73,77,78,79,80,81,82,84,85);1H3;/q;-1;+3/p-2/t33?,35-,36-,37-,38+,43-,53-,54-,56-,57+,59-,60+,61+,62+;;/m1../s1. The molecule has 91 heavy (non-hydrogen) atoms. The van der Waals surface area contributed by atoms with E-state index in [0.717, 1.165) is 11.1 Å². The summed E-state index contributed by atoms with van der Waals surface area (Å²) >= 11 is 0. The van der Waals surface area contributed by atoms with Crippen molar-refractivity contribution in [2.45, 2.75) is 189 Å². The third kappa shape index (κ3) is 14.4. The third-order valence-corrected chi connectivity index (χ3v) is 21.3. The van der Waals surface area contributed by atoms with E-state index in [-0.39, 0.29) is 107 Å². The Kier molecular flexibility index (Phi) is 22.5. The number of amides is 6. The molecule has 0 radical (unpaired) electrons. The Morgan fingerprint density at radius 1 is 0.813 bits per heavy atom. The fourth-order valence-corrected chi connectivity index (χ4v) is 16.1. The van der Waals surface area contributed by atoms with Gasteiger partial charge in [0.1, 0.15) is 24.1 Å². The summed E-state index contributed by atoms with van der Waals surface area (Å²) in [6.07, 6.45) is -2.44. The SMILES string of the molecule is CC(=O)CC[C@@H]1C2=CC3=NC(=CC4=N[C@H]([C@H](CC(N)=O)[C@@]4(C)CCC(=O)NCC(C)OP(=O)([O-])O[C@H]4[C@@H](O)[C@@H](n5cnc6cc(C)c(C)cc65)O[C@@H]4CO)[C@]4(C)[N-]C(=C(C)C(=N2)[C@@]1(C)CC(N)=O)[C@@H](CCC(N)=O)[C@]4(C)CC(N)=O)[C@@H](CCC(N)=O)C3(C)C.[CH3-].[Co+3]. The molecule has 0 saturated carbocycles. The van der Waals surface area contributed by atoms with Crippen molar-refractivity contribution in [2.24, 2.45) is 89.0 Å². The number of aromatic nitrogens is 2. The summed E-state index contributed by atoms with van der Waals surface area (Å²) in [6, 6.07) is 2.68. The molecule has 2 unspecified atom stereocenters.